The second-order valence-electron chi connectivity index (χ2n) is 7.30. The molecule has 10 heteroatoms. The van der Waals surface area contributed by atoms with E-state index >= 15 is 0 Å². The molecule has 1 aliphatic heterocycles. The standard InChI is InChI=1S/C22H26FN3O5S/c23-18-9-11-19(12-10-18)32(29,30)26-14-5-15-31-20(26)16-25-22(28)21(27)24-13-4-8-17-6-2-1-3-7-17/h1-3,6-7,9-12,20H,4-5,8,13-16H2,(H,24,27)(H,25,28)/t20-/m0/s1. The number of nitrogens with zero attached hydrogens (tertiary/aromatic N) is 1. The van der Waals surface area contributed by atoms with Crippen LogP contribution in [0.4, 0.5) is 4.39 Å². The number of hydrogen-bond donors (Lipinski definition) is 2. The van der Waals surface area contributed by atoms with Crippen molar-refractivity contribution in [2.75, 3.05) is 26.2 Å². The Morgan fingerprint density at radius 2 is 1.72 bits per heavy atom. The third-order valence-electron chi connectivity index (χ3n) is 4.99. The Kier molecular flexibility index (Phi) is 8.32. The molecule has 0 aliphatic carbocycles. The first-order valence-electron chi connectivity index (χ1n) is 10.4. The van der Waals surface area contributed by atoms with Crippen LogP contribution in [0, 0.1) is 5.82 Å². The van der Waals surface area contributed by atoms with Gasteiger partial charge in [0, 0.05) is 13.1 Å². The molecule has 2 N–H and O–H groups in total. The molecule has 2 aromatic rings. The third-order valence-corrected chi connectivity index (χ3v) is 6.89. The van der Waals surface area contributed by atoms with Gasteiger partial charge in [0.1, 0.15) is 12.0 Å². The Bertz CT molecular complexity index is 1020. The van der Waals surface area contributed by atoms with Crippen LogP contribution in [0.5, 0.6) is 0 Å². The van der Waals surface area contributed by atoms with Crippen molar-refractivity contribution in [2.45, 2.75) is 30.4 Å². The summed E-state index contributed by atoms with van der Waals surface area (Å²) in [5.41, 5.74) is 1.14. The van der Waals surface area contributed by atoms with Gasteiger partial charge in [-0.3, -0.25) is 9.59 Å². The minimum atomic E-state index is -3.95. The van der Waals surface area contributed by atoms with Gasteiger partial charge in [-0.25, -0.2) is 12.8 Å². The number of sulfonamides is 1. The number of nitrogens with one attached hydrogen (secondary N) is 2. The van der Waals surface area contributed by atoms with Crippen LogP contribution in [0.25, 0.3) is 0 Å². The summed E-state index contributed by atoms with van der Waals surface area (Å²) in [4.78, 5) is 24.1. The highest BCUT2D eigenvalue weighted by Crippen LogP contribution is 2.22. The van der Waals surface area contributed by atoms with E-state index in [1.807, 2.05) is 30.3 Å². The fraction of sp³-hybridized carbons (Fsp3) is 0.364. The molecule has 0 saturated carbocycles. The number of aryl methyl sites for hydroxylation is 1. The molecule has 2 aromatic carbocycles. The summed E-state index contributed by atoms with van der Waals surface area (Å²) in [6, 6.07) is 14.3. The maximum atomic E-state index is 13.2. The molecule has 0 spiro atoms. The van der Waals surface area contributed by atoms with E-state index < -0.39 is 33.9 Å². The second kappa shape index (κ2) is 11.2. The SMILES string of the molecule is O=C(NCCCc1ccccc1)C(=O)NC[C@@H]1OCCCN1S(=O)(=O)c1ccc(F)cc1. The van der Waals surface area contributed by atoms with Crippen molar-refractivity contribution < 1.29 is 27.1 Å². The van der Waals surface area contributed by atoms with Crippen molar-refractivity contribution in [3.05, 3.63) is 66.0 Å². The molecule has 0 unspecified atom stereocenters. The third kappa shape index (κ3) is 6.35. The predicted molar refractivity (Wildman–Crippen MR) is 115 cm³/mol. The fourth-order valence-corrected chi connectivity index (χ4v) is 4.89. The number of hydrogen-bond acceptors (Lipinski definition) is 5. The van der Waals surface area contributed by atoms with Gasteiger partial charge in [0.05, 0.1) is 18.0 Å². The van der Waals surface area contributed by atoms with Gasteiger partial charge in [0.15, 0.2) is 0 Å². The van der Waals surface area contributed by atoms with Gasteiger partial charge in [0.2, 0.25) is 10.0 Å². The van der Waals surface area contributed by atoms with Crippen LogP contribution in [-0.4, -0.2) is 57.0 Å². The lowest BCUT2D eigenvalue weighted by Gasteiger charge is -2.34. The highest BCUT2D eigenvalue weighted by Gasteiger charge is 2.34. The first-order chi connectivity index (χ1) is 15.4. The lowest BCUT2D eigenvalue weighted by Crippen LogP contribution is -2.53. The van der Waals surface area contributed by atoms with Crippen molar-refractivity contribution in [2.24, 2.45) is 0 Å². The summed E-state index contributed by atoms with van der Waals surface area (Å²) >= 11 is 0. The highest BCUT2D eigenvalue weighted by atomic mass is 32.2. The smallest absolute Gasteiger partial charge is 0.309 e. The molecule has 172 valence electrons. The first kappa shape index (κ1) is 23.8. The zero-order chi connectivity index (χ0) is 23.0. The normalized spacial score (nSPS) is 17.0. The molecule has 8 nitrogen and oxygen atoms in total. The van der Waals surface area contributed by atoms with E-state index in [0.717, 1.165) is 28.4 Å². The zero-order valence-corrected chi connectivity index (χ0v) is 18.3. The average Bonchev–Trinajstić information content (AvgIpc) is 2.81. The van der Waals surface area contributed by atoms with Gasteiger partial charge >= 0.3 is 11.8 Å². The van der Waals surface area contributed by atoms with E-state index in [4.69, 9.17) is 4.74 Å². The van der Waals surface area contributed by atoms with Crippen LogP contribution in [0.1, 0.15) is 18.4 Å². The van der Waals surface area contributed by atoms with Crippen LogP contribution >= 0.6 is 0 Å². The number of carbonyl (C=O) groups is 2. The molecule has 32 heavy (non-hydrogen) atoms. The van der Waals surface area contributed by atoms with Crippen LogP contribution in [0.2, 0.25) is 0 Å². The van der Waals surface area contributed by atoms with Gasteiger partial charge in [0.25, 0.3) is 0 Å². The predicted octanol–water partition coefficient (Wildman–Crippen LogP) is 1.43. The Morgan fingerprint density at radius 3 is 2.44 bits per heavy atom. The quantitative estimate of drug-likeness (QED) is 0.455. The maximum absolute atomic E-state index is 13.2. The Morgan fingerprint density at radius 1 is 1.03 bits per heavy atom. The Hall–Kier alpha value is -2.82. The number of ether oxygens (including phenoxy) is 1. The summed E-state index contributed by atoms with van der Waals surface area (Å²) in [5, 5.41) is 4.99. The number of halogens is 1. The van der Waals surface area contributed by atoms with Crippen molar-refractivity contribution in [3.8, 4) is 0 Å². The van der Waals surface area contributed by atoms with Crippen LogP contribution < -0.4 is 10.6 Å². The lowest BCUT2D eigenvalue weighted by atomic mass is 10.1. The molecule has 3 rings (SSSR count). The van der Waals surface area contributed by atoms with E-state index in [1.165, 1.54) is 12.1 Å². The van der Waals surface area contributed by atoms with Crippen molar-refractivity contribution in [1.29, 1.82) is 0 Å². The van der Waals surface area contributed by atoms with Crippen LogP contribution in [0.15, 0.2) is 59.5 Å². The molecular weight excluding hydrogens is 437 g/mol. The number of benzene rings is 2. The van der Waals surface area contributed by atoms with Crippen molar-refractivity contribution >= 4 is 21.8 Å². The van der Waals surface area contributed by atoms with Crippen LogP contribution in [0.3, 0.4) is 0 Å². The molecule has 0 radical (unpaired) electrons. The summed E-state index contributed by atoms with van der Waals surface area (Å²) in [5.74, 6) is -2.20. The first-order valence-corrected chi connectivity index (χ1v) is 11.8. The summed E-state index contributed by atoms with van der Waals surface area (Å²) in [6.07, 6.45) is 0.966. The van der Waals surface area contributed by atoms with E-state index in [2.05, 4.69) is 10.6 Å². The van der Waals surface area contributed by atoms with Gasteiger partial charge in [-0.1, -0.05) is 30.3 Å². The molecular formula is C22H26FN3O5S. The lowest BCUT2D eigenvalue weighted by molar-refractivity contribution is -0.140. The largest absolute Gasteiger partial charge is 0.360 e. The van der Waals surface area contributed by atoms with Crippen LogP contribution in [-0.2, 0) is 30.8 Å². The Labute approximate surface area is 186 Å². The summed E-state index contributed by atoms with van der Waals surface area (Å²) in [7, 11) is -3.95. The average molecular weight is 464 g/mol. The van der Waals surface area contributed by atoms with Gasteiger partial charge in [-0.15, -0.1) is 0 Å². The number of carbonyl (C=O) groups excluding carboxylic acids is 2. The minimum absolute atomic E-state index is 0.0723. The zero-order valence-electron chi connectivity index (χ0n) is 17.5. The summed E-state index contributed by atoms with van der Waals surface area (Å²) in [6.45, 7) is 0.663. The second-order valence-corrected chi connectivity index (χ2v) is 9.19. The molecule has 1 saturated heterocycles. The van der Waals surface area contributed by atoms with Gasteiger partial charge < -0.3 is 15.4 Å². The van der Waals surface area contributed by atoms with E-state index in [9.17, 15) is 22.4 Å². The summed E-state index contributed by atoms with van der Waals surface area (Å²) < 4.78 is 45.6. The molecule has 1 aliphatic rings. The van der Waals surface area contributed by atoms with Crippen molar-refractivity contribution in [3.63, 3.8) is 0 Å². The fourth-order valence-electron chi connectivity index (χ4n) is 3.32. The molecule has 2 amide bonds. The molecule has 1 heterocycles. The molecule has 1 fully saturated rings. The topological polar surface area (TPSA) is 105 Å². The van der Waals surface area contributed by atoms with E-state index in [-0.39, 0.29) is 18.0 Å². The van der Waals surface area contributed by atoms with Gasteiger partial charge in [-0.2, -0.15) is 4.31 Å². The van der Waals surface area contributed by atoms with Gasteiger partial charge in [-0.05, 0) is 49.1 Å². The molecule has 1 atom stereocenters. The molecule has 0 bridgehead atoms. The number of amides is 2. The van der Waals surface area contributed by atoms with Crippen molar-refractivity contribution in [1.82, 2.24) is 14.9 Å². The monoisotopic (exact) mass is 463 g/mol. The van der Waals surface area contributed by atoms with E-state index in [0.29, 0.717) is 26.0 Å². The number of rotatable bonds is 8. The maximum Gasteiger partial charge on any atom is 0.309 e. The minimum Gasteiger partial charge on any atom is -0.360 e. The van der Waals surface area contributed by atoms with E-state index in [1.54, 1.807) is 0 Å². The Balaban J connectivity index is 1.49. The molecule has 0 aromatic heterocycles. The highest BCUT2D eigenvalue weighted by molar-refractivity contribution is 7.89.